The maximum absolute atomic E-state index is 12.9. The minimum Gasteiger partial charge on any atom is -0.485 e. The molecule has 0 N–H and O–H groups in total. The molecule has 0 atom stereocenters. The first-order valence-electron chi connectivity index (χ1n) is 6.54. The van der Waals surface area contributed by atoms with Gasteiger partial charge in [0.25, 0.3) is 0 Å². The summed E-state index contributed by atoms with van der Waals surface area (Å²) in [6.07, 6.45) is -8.59. The Kier molecular flexibility index (Phi) is 5.20. The smallest absolute Gasteiger partial charge is 0.461 e. The third kappa shape index (κ3) is 4.70. The summed E-state index contributed by atoms with van der Waals surface area (Å²) in [6, 6.07) is 13.2. The van der Waals surface area contributed by atoms with E-state index >= 15 is 0 Å². The van der Waals surface area contributed by atoms with Crippen LogP contribution in [0.1, 0.15) is 10.4 Å². The SMILES string of the molecule is O=C(COc1ccccc1)c1cccc(OC(F)(F)C(F)F)c1. The van der Waals surface area contributed by atoms with Gasteiger partial charge < -0.3 is 9.47 Å². The quantitative estimate of drug-likeness (QED) is 0.565. The van der Waals surface area contributed by atoms with Crippen molar-refractivity contribution in [3.63, 3.8) is 0 Å². The van der Waals surface area contributed by atoms with Crippen LogP contribution < -0.4 is 9.47 Å². The van der Waals surface area contributed by atoms with E-state index in [1.165, 1.54) is 12.1 Å². The van der Waals surface area contributed by atoms with Gasteiger partial charge in [0, 0.05) is 5.56 Å². The van der Waals surface area contributed by atoms with Crippen molar-refractivity contribution in [3.8, 4) is 11.5 Å². The van der Waals surface area contributed by atoms with Crippen LogP contribution in [-0.4, -0.2) is 24.9 Å². The number of alkyl halides is 4. The van der Waals surface area contributed by atoms with Crippen molar-refractivity contribution in [1.82, 2.24) is 0 Å². The molecule has 0 aliphatic carbocycles. The van der Waals surface area contributed by atoms with E-state index in [-0.39, 0.29) is 12.2 Å². The van der Waals surface area contributed by atoms with E-state index < -0.39 is 24.1 Å². The van der Waals surface area contributed by atoms with E-state index in [4.69, 9.17) is 4.74 Å². The summed E-state index contributed by atoms with van der Waals surface area (Å²) >= 11 is 0. The molecule has 0 aliphatic heterocycles. The van der Waals surface area contributed by atoms with E-state index in [1.54, 1.807) is 30.3 Å². The van der Waals surface area contributed by atoms with Gasteiger partial charge >= 0.3 is 12.5 Å². The normalized spacial score (nSPS) is 11.3. The number of rotatable bonds is 7. The van der Waals surface area contributed by atoms with Gasteiger partial charge in [-0.3, -0.25) is 4.79 Å². The average Bonchev–Trinajstić information content (AvgIpc) is 2.53. The summed E-state index contributed by atoms with van der Waals surface area (Å²) in [7, 11) is 0. The fourth-order valence-corrected chi connectivity index (χ4v) is 1.68. The molecule has 3 nitrogen and oxygen atoms in total. The molecule has 2 aromatic rings. The molecule has 2 rings (SSSR count). The summed E-state index contributed by atoms with van der Waals surface area (Å²) in [5.74, 6) is -0.557. The Morgan fingerprint density at radius 3 is 2.30 bits per heavy atom. The van der Waals surface area contributed by atoms with Gasteiger partial charge in [-0.05, 0) is 24.3 Å². The fraction of sp³-hybridized carbons (Fsp3) is 0.188. The van der Waals surface area contributed by atoms with E-state index in [0.717, 1.165) is 12.1 Å². The standard InChI is InChI=1S/C16H12F4O3/c17-15(18)16(19,20)23-13-8-4-5-11(9-13)14(21)10-22-12-6-2-1-3-7-12/h1-9,15H,10H2. The number of Topliss-reactive ketones (excluding diaryl/α,β-unsaturated/α-hetero) is 1. The molecule has 0 bridgehead atoms. The number of ketones is 1. The summed E-state index contributed by atoms with van der Waals surface area (Å²) in [5.41, 5.74) is 0.0171. The lowest BCUT2D eigenvalue weighted by Gasteiger charge is -2.17. The molecule has 0 aromatic heterocycles. The molecule has 23 heavy (non-hydrogen) atoms. The molecular weight excluding hydrogens is 316 g/mol. The lowest BCUT2D eigenvalue weighted by atomic mass is 10.1. The van der Waals surface area contributed by atoms with Crippen molar-refractivity contribution in [3.05, 3.63) is 60.2 Å². The topological polar surface area (TPSA) is 35.5 Å². The monoisotopic (exact) mass is 328 g/mol. The van der Waals surface area contributed by atoms with Gasteiger partial charge in [-0.1, -0.05) is 30.3 Å². The second-order valence-corrected chi connectivity index (χ2v) is 4.52. The highest BCUT2D eigenvalue weighted by Gasteiger charge is 2.44. The fourth-order valence-electron chi connectivity index (χ4n) is 1.68. The predicted molar refractivity (Wildman–Crippen MR) is 74.3 cm³/mol. The highest BCUT2D eigenvalue weighted by atomic mass is 19.3. The molecule has 0 heterocycles. The number of halogens is 4. The van der Waals surface area contributed by atoms with Crippen molar-refractivity contribution in [1.29, 1.82) is 0 Å². The van der Waals surface area contributed by atoms with E-state index in [0.29, 0.717) is 5.75 Å². The van der Waals surface area contributed by atoms with Gasteiger partial charge in [0.05, 0.1) is 0 Å². The lowest BCUT2D eigenvalue weighted by molar-refractivity contribution is -0.253. The molecule has 2 aromatic carbocycles. The second kappa shape index (κ2) is 7.13. The Morgan fingerprint density at radius 1 is 1.00 bits per heavy atom. The van der Waals surface area contributed by atoms with E-state index in [2.05, 4.69) is 4.74 Å². The zero-order chi connectivity index (χ0) is 16.9. The van der Waals surface area contributed by atoms with Gasteiger partial charge in [0.15, 0.2) is 12.4 Å². The largest absolute Gasteiger partial charge is 0.485 e. The number of ether oxygens (including phenoxy) is 2. The first kappa shape index (κ1) is 16.8. The number of carbonyl (C=O) groups excluding carboxylic acids is 1. The second-order valence-electron chi connectivity index (χ2n) is 4.52. The molecule has 0 aliphatic rings. The van der Waals surface area contributed by atoms with Crippen molar-refractivity contribution in [2.24, 2.45) is 0 Å². The van der Waals surface area contributed by atoms with Crippen LogP contribution in [0, 0.1) is 0 Å². The van der Waals surface area contributed by atoms with Crippen LogP contribution in [-0.2, 0) is 0 Å². The van der Waals surface area contributed by atoms with Crippen LogP contribution >= 0.6 is 0 Å². The number of para-hydroxylation sites is 1. The summed E-state index contributed by atoms with van der Waals surface area (Å²) in [6.45, 7) is -0.321. The van der Waals surface area contributed by atoms with Gasteiger partial charge in [-0.15, -0.1) is 0 Å². The van der Waals surface area contributed by atoms with Crippen LogP contribution in [0.5, 0.6) is 11.5 Å². The molecule has 0 fully saturated rings. The minimum atomic E-state index is -4.62. The zero-order valence-corrected chi connectivity index (χ0v) is 11.7. The van der Waals surface area contributed by atoms with Crippen LogP contribution in [0.3, 0.4) is 0 Å². The number of hydrogen-bond acceptors (Lipinski definition) is 3. The van der Waals surface area contributed by atoms with Crippen molar-refractivity contribution in [2.75, 3.05) is 6.61 Å². The molecule has 0 amide bonds. The van der Waals surface area contributed by atoms with Gasteiger partial charge in [0.1, 0.15) is 11.5 Å². The maximum Gasteiger partial charge on any atom is 0.461 e. The van der Waals surface area contributed by atoms with Gasteiger partial charge in [0.2, 0.25) is 0 Å². The van der Waals surface area contributed by atoms with Crippen molar-refractivity contribution in [2.45, 2.75) is 12.5 Å². The molecule has 0 radical (unpaired) electrons. The van der Waals surface area contributed by atoms with Crippen LogP contribution in [0.4, 0.5) is 17.6 Å². The molecule has 0 unspecified atom stereocenters. The summed E-state index contributed by atoms with van der Waals surface area (Å²) in [5, 5.41) is 0. The van der Waals surface area contributed by atoms with Crippen molar-refractivity contribution >= 4 is 5.78 Å². The third-order valence-electron chi connectivity index (χ3n) is 2.78. The lowest BCUT2D eigenvalue weighted by Crippen LogP contribution is -2.33. The first-order valence-corrected chi connectivity index (χ1v) is 6.54. The highest BCUT2D eigenvalue weighted by Crippen LogP contribution is 2.28. The van der Waals surface area contributed by atoms with Gasteiger partial charge in [-0.2, -0.15) is 17.6 Å². The Morgan fingerprint density at radius 2 is 1.65 bits per heavy atom. The average molecular weight is 328 g/mol. The number of carbonyl (C=O) groups is 1. The highest BCUT2D eigenvalue weighted by molar-refractivity contribution is 5.97. The maximum atomic E-state index is 12.9. The molecular formula is C16H12F4O3. The zero-order valence-electron chi connectivity index (χ0n) is 11.7. The molecule has 122 valence electrons. The van der Waals surface area contributed by atoms with Crippen molar-refractivity contribution < 1.29 is 31.8 Å². The van der Waals surface area contributed by atoms with E-state index in [1.807, 2.05) is 0 Å². The molecule has 0 saturated heterocycles. The van der Waals surface area contributed by atoms with E-state index in [9.17, 15) is 22.4 Å². The Balaban J connectivity index is 2.03. The molecule has 0 saturated carbocycles. The third-order valence-corrected chi connectivity index (χ3v) is 2.78. The van der Waals surface area contributed by atoms with Gasteiger partial charge in [-0.25, -0.2) is 0 Å². The Hall–Kier alpha value is -2.57. The number of hydrogen-bond donors (Lipinski definition) is 0. The molecule has 0 spiro atoms. The summed E-state index contributed by atoms with van der Waals surface area (Å²) < 4.78 is 59.1. The Labute approximate surface area is 129 Å². The first-order chi connectivity index (χ1) is 10.9. The van der Waals surface area contributed by atoms with Crippen LogP contribution in [0.2, 0.25) is 0 Å². The summed E-state index contributed by atoms with van der Waals surface area (Å²) in [4.78, 5) is 12.0. The predicted octanol–water partition coefficient (Wildman–Crippen LogP) is 4.19. The Bertz CT molecular complexity index is 659. The number of benzene rings is 2. The minimum absolute atomic E-state index is 0.0171. The molecule has 7 heteroatoms. The van der Waals surface area contributed by atoms with Crippen LogP contribution in [0.25, 0.3) is 0 Å². The van der Waals surface area contributed by atoms with Crippen LogP contribution in [0.15, 0.2) is 54.6 Å².